The van der Waals surface area contributed by atoms with Crippen LogP contribution in [0.1, 0.15) is 25.8 Å². The van der Waals surface area contributed by atoms with Gasteiger partial charge in [0.2, 0.25) is 5.91 Å². The number of anilines is 2. The molecule has 20 heavy (non-hydrogen) atoms. The molecule has 0 bridgehead atoms. The fraction of sp³-hybridized carbons (Fsp3) is 0.500. The summed E-state index contributed by atoms with van der Waals surface area (Å²) >= 11 is 0. The van der Waals surface area contributed by atoms with Gasteiger partial charge >= 0.3 is 0 Å². The number of fused-ring (bicyclic) bond motifs is 1. The first-order chi connectivity index (χ1) is 9.22. The Morgan fingerprint density at radius 2 is 2.05 bits per heavy atom. The summed E-state index contributed by atoms with van der Waals surface area (Å²) in [5, 5.41) is 5.96. The number of nitrogens with one attached hydrogen (secondary N) is 2. The molecule has 1 aliphatic rings. The molecule has 1 heterocycles. The summed E-state index contributed by atoms with van der Waals surface area (Å²) in [6.07, 6.45) is 3.19. The molecular formula is C14H20N2O3S. The lowest BCUT2D eigenvalue weighted by atomic mass is 10.0. The molecule has 0 aliphatic carbocycles. The minimum absolute atomic E-state index is 0.518. The minimum atomic E-state index is -3.47. The number of carbonyl (C=O) groups excluding carboxylic acids is 1. The number of amides is 1. The standard InChI is InChI=1S/C14H20N2O3S/c1-14(2,20(3,18)19)13(17)16-11-7-6-10-5-4-8-15-12(10)9-11/h6-7,9,15H,4-5,8H2,1-3H3,(H,16,17). The minimum Gasteiger partial charge on any atom is -0.385 e. The normalized spacial score (nSPS) is 15.2. The molecule has 0 saturated heterocycles. The highest BCUT2D eigenvalue weighted by molar-refractivity contribution is 7.92. The van der Waals surface area contributed by atoms with Gasteiger partial charge in [-0.25, -0.2) is 8.42 Å². The van der Waals surface area contributed by atoms with Gasteiger partial charge in [-0.3, -0.25) is 4.79 Å². The van der Waals surface area contributed by atoms with Crippen LogP contribution in [0.4, 0.5) is 11.4 Å². The smallest absolute Gasteiger partial charge is 0.245 e. The molecule has 2 rings (SSSR count). The number of benzene rings is 1. The van der Waals surface area contributed by atoms with E-state index in [9.17, 15) is 13.2 Å². The summed E-state index contributed by atoms with van der Waals surface area (Å²) in [6, 6.07) is 5.62. The lowest BCUT2D eigenvalue weighted by molar-refractivity contribution is -0.117. The molecule has 2 N–H and O–H groups in total. The van der Waals surface area contributed by atoms with E-state index in [1.807, 2.05) is 18.2 Å². The van der Waals surface area contributed by atoms with Crippen LogP contribution in [0, 0.1) is 0 Å². The Morgan fingerprint density at radius 1 is 1.35 bits per heavy atom. The van der Waals surface area contributed by atoms with E-state index in [1.54, 1.807) is 0 Å². The summed E-state index contributed by atoms with van der Waals surface area (Å²) in [5.74, 6) is -0.518. The van der Waals surface area contributed by atoms with E-state index in [2.05, 4.69) is 10.6 Å². The molecule has 0 fully saturated rings. The number of hydrogen-bond acceptors (Lipinski definition) is 4. The van der Waals surface area contributed by atoms with Gasteiger partial charge in [0.05, 0.1) is 0 Å². The zero-order chi connectivity index (χ0) is 15.0. The molecular weight excluding hydrogens is 276 g/mol. The van der Waals surface area contributed by atoms with Gasteiger partial charge in [0.25, 0.3) is 0 Å². The maximum absolute atomic E-state index is 12.1. The fourth-order valence-electron chi connectivity index (χ4n) is 1.99. The van der Waals surface area contributed by atoms with Crippen LogP contribution in [0.5, 0.6) is 0 Å². The molecule has 0 radical (unpaired) electrons. The third-order valence-corrected chi connectivity index (χ3v) is 5.82. The van der Waals surface area contributed by atoms with E-state index < -0.39 is 20.5 Å². The largest absolute Gasteiger partial charge is 0.385 e. The quantitative estimate of drug-likeness (QED) is 0.892. The lowest BCUT2D eigenvalue weighted by Gasteiger charge is -2.23. The molecule has 0 atom stereocenters. The second-order valence-corrected chi connectivity index (χ2v) is 8.20. The molecule has 1 aromatic carbocycles. The van der Waals surface area contributed by atoms with E-state index in [0.717, 1.165) is 31.3 Å². The van der Waals surface area contributed by atoms with Gasteiger partial charge in [0, 0.05) is 24.2 Å². The SMILES string of the molecule is CC(C)(C(=O)Nc1ccc2c(c1)NCCC2)S(C)(=O)=O. The number of aryl methyl sites for hydroxylation is 1. The predicted octanol–water partition coefficient (Wildman–Crippen LogP) is 1.81. The highest BCUT2D eigenvalue weighted by Gasteiger charge is 2.38. The second kappa shape index (κ2) is 5.09. The van der Waals surface area contributed by atoms with Gasteiger partial charge in [-0.15, -0.1) is 0 Å². The van der Waals surface area contributed by atoms with Crippen LogP contribution >= 0.6 is 0 Å². The van der Waals surface area contributed by atoms with Gasteiger partial charge in [-0.1, -0.05) is 6.07 Å². The van der Waals surface area contributed by atoms with E-state index in [4.69, 9.17) is 0 Å². The van der Waals surface area contributed by atoms with Gasteiger partial charge < -0.3 is 10.6 Å². The molecule has 0 spiro atoms. The number of hydrogen-bond donors (Lipinski definition) is 2. The molecule has 0 unspecified atom stereocenters. The maximum atomic E-state index is 12.1. The molecule has 110 valence electrons. The van der Waals surface area contributed by atoms with Crippen molar-refractivity contribution in [1.29, 1.82) is 0 Å². The lowest BCUT2D eigenvalue weighted by Crippen LogP contribution is -2.43. The van der Waals surface area contributed by atoms with Crippen molar-refractivity contribution in [3.63, 3.8) is 0 Å². The van der Waals surface area contributed by atoms with Crippen molar-refractivity contribution >= 4 is 27.1 Å². The monoisotopic (exact) mass is 296 g/mol. The summed E-state index contributed by atoms with van der Waals surface area (Å²) in [4.78, 5) is 12.1. The van der Waals surface area contributed by atoms with Crippen molar-refractivity contribution in [1.82, 2.24) is 0 Å². The Bertz CT molecular complexity index is 636. The van der Waals surface area contributed by atoms with Crippen LogP contribution in [0.3, 0.4) is 0 Å². The molecule has 0 aromatic heterocycles. The first-order valence-electron chi connectivity index (χ1n) is 6.59. The van der Waals surface area contributed by atoms with Crippen LogP contribution in [0.15, 0.2) is 18.2 Å². The Kier molecular flexibility index (Phi) is 3.77. The van der Waals surface area contributed by atoms with Crippen molar-refractivity contribution in [3.8, 4) is 0 Å². The summed E-state index contributed by atoms with van der Waals surface area (Å²) in [5.41, 5.74) is 2.84. The fourth-order valence-corrected chi connectivity index (χ4v) is 2.38. The van der Waals surface area contributed by atoms with Crippen molar-refractivity contribution < 1.29 is 13.2 Å². The number of sulfone groups is 1. The summed E-state index contributed by atoms with van der Waals surface area (Å²) < 4.78 is 21.8. The third kappa shape index (κ3) is 2.80. The number of carbonyl (C=O) groups is 1. The Hall–Kier alpha value is -1.56. The van der Waals surface area contributed by atoms with Gasteiger partial charge in [0.1, 0.15) is 4.75 Å². The van der Waals surface area contributed by atoms with Crippen molar-refractivity contribution in [2.45, 2.75) is 31.4 Å². The van der Waals surface area contributed by atoms with Gasteiger partial charge in [-0.05, 0) is 44.4 Å². The second-order valence-electron chi connectivity index (χ2n) is 5.64. The van der Waals surface area contributed by atoms with Gasteiger partial charge in [-0.2, -0.15) is 0 Å². The average molecular weight is 296 g/mol. The molecule has 1 aliphatic heterocycles. The van der Waals surface area contributed by atoms with Crippen LogP contribution in [0.2, 0.25) is 0 Å². The Balaban J connectivity index is 2.20. The topological polar surface area (TPSA) is 75.3 Å². The van der Waals surface area contributed by atoms with E-state index in [1.165, 1.54) is 19.4 Å². The van der Waals surface area contributed by atoms with E-state index in [0.29, 0.717) is 5.69 Å². The Labute approximate surface area is 119 Å². The predicted molar refractivity (Wildman–Crippen MR) is 80.8 cm³/mol. The first kappa shape index (κ1) is 14.8. The van der Waals surface area contributed by atoms with Crippen LogP contribution in [0.25, 0.3) is 0 Å². The summed E-state index contributed by atoms with van der Waals surface area (Å²) in [6.45, 7) is 3.74. The van der Waals surface area contributed by atoms with Crippen LogP contribution < -0.4 is 10.6 Å². The van der Waals surface area contributed by atoms with Crippen LogP contribution in [-0.4, -0.2) is 31.9 Å². The van der Waals surface area contributed by atoms with E-state index >= 15 is 0 Å². The molecule has 1 amide bonds. The van der Waals surface area contributed by atoms with Crippen molar-refractivity contribution in [2.24, 2.45) is 0 Å². The molecule has 6 heteroatoms. The average Bonchev–Trinajstić information content (AvgIpc) is 2.37. The Morgan fingerprint density at radius 3 is 2.70 bits per heavy atom. The first-order valence-corrected chi connectivity index (χ1v) is 8.49. The third-order valence-electron chi connectivity index (χ3n) is 3.78. The molecule has 5 nitrogen and oxygen atoms in total. The number of rotatable bonds is 3. The highest BCUT2D eigenvalue weighted by atomic mass is 32.2. The maximum Gasteiger partial charge on any atom is 0.245 e. The van der Waals surface area contributed by atoms with Gasteiger partial charge in [0.15, 0.2) is 9.84 Å². The van der Waals surface area contributed by atoms with Crippen LogP contribution in [-0.2, 0) is 21.1 Å². The summed E-state index contributed by atoms with van der Waals surface area (Å²) in [7, 11) is -3.47. The van der Waals surface area contributed by atoms with Crippen molar-refractivity contribution in [3.05, 3.63) is 23.8 Å². The highest BCUT2D eigenvalue weighted by Crippen LogP contribution is 2.26. The molecule has 0 saturated carbocycles. The molecule has 1 aromatic rings. The van der Waals surface area contributed by atoms with Crippen molar-refractivity contribution in [2.75, 3.05) is 23.4 Å². The zero-order valence-electron chi connectivity index (χ0n) is 12.0. The zero-order valence-corrected chi connectivity index (χ0v) is 12.8. The van der Waals surface area contributed by atoms with E-state index in [-0.39, 0.29) is 0 Å².